The highest BCUT2D eigenvalue weighted by Gasteiger charge is 2.28. The van der Waals surface area contributed by atoms with Gasteiger partial charge < -0.3 is 10.0 Å². The Bertz CT molecular complexity index is 619. The summed E-state index contributed by atoms with van der Waals surface area (Å²) in [6.07, 6.45) is 1.15. The molecule has 2 aromatic rings. The van der Waals surface area contributed by atoms with E-state index in [0.717, 1.165) is 24.0 Å². The van der Waals surface area contributed by atoms with Crippen LogP contribution in [0.25, 0.3) is 0 Å². The quantitative estimate of drug-likeness (QED) is 0.921. The van der Waals surface area contributed by atoms with E-state index in [9.17, 15) is 9.90 Å². The number of thiophene rings is 1. The zero-order valence-electron chi connectivity index (χ0n) is 12.1. The van der Waals surface area contributed by atoms with Crippen LogP contribution in [0.4, 0.5) is 0 Å². The van der Waals surface area contributed by atoms with Crippen LogP contribution in [-0.4, -0.2) is 29.0 Å². The van der Waals surface area contributed by atoms with E-state index >= 15 is 0 Å². The number of hydrogen-bond acceptors (Lipinski definition) is 3. The van der Waals surface area contributed by atoms with Gasteiger partial charge in [0, 0.05) is 23.5 Å². The summed E-state index contributed by atoms with van der Waals surface area (Å²) >= 11 is 7.42. The predicted octanol–water partition coefficient (Wildman–Crippen LogP) is 3.99. The van der Waals surface area contributed by atoms with Crippen LogP contribution in [0.5, 0.6) is 0 Å². The summed E-state index contributed by atoms with van der Waals surface area (Å²) in [6.45, 7) is 1.40. The molecule has 1 unspecified atom stereocenters. The van der Waals surface area contributed by atoms with Crippen molar-refractivity contribution in [3.63, 3.8) is 0 Å². The number of aliphatic hydroxyl groups excluding tert-OH is 1. The Morgan fingerprint density at radius 2 is 1.91 bits per heavy atom. The number of carbonyl (C=O) groups excluding carboxylic acids is 1. The first-order valence-electron chi connectivity index (χ1n) is 7.40. The molecule has 1 amide bonds. The number of piperidine rings is 1. The largest absolute Gasteiger partial charge is 0.388 e. The number of amides is 1. The summed E-state index contributed by atoms with van der Waals surface area (Å²) in [6, 6.07) is 9.21. The Kier molecular flexibility index (Phi) is 4.81. The van der Waals surface area contributed by atoms with E-state index in [0.29, 0.717) is 18.1 Å². The van der Waals surface area contributed by atoms with Crippen molar-refractivity contribution in [3.05, 3.63) is 57.2 Å². The van der Waals surface area contributed by atoms with Gasteiger partial charge in [-0.2, -0.15) is 11.3 Å². The lowest BCUT2D eigenvalue weighted by Gasteiger charge is -2.34. The molecule has 1 aromatic heterocycles. The van der Waals surface area contributed by atoms with Crippen molar-refractivity contribution in [3.8, 4) is 0 Å². The fourth-order valence-electron chi connectivity index (χ4n) is 2.92. The van der Waals surface area contributed by atoms with Crippen molar-refractivity contribution in [1.82, 2.24) is 4.90 Å². The molecular weight excluding hydrogens is 318 g/mol. The molecule has 1 aliphatic heterocycles. The molecule has 5 heteroatoms. The molecule has 0 aliphatic carbocycles. The number of benzene rings is 1. The lowest BCUT2D eigenvalue weighted by molar-refractivity contribution is 0.0462. The predicted molar refractivity (Wildman–Crippen MR) is 89.4 cm³/mol. The first-order valence-corrected chi connectivity index (χ1v) is 8.72. The lowest BCUT2D eigenvalue weighted by Crippen LogP contribution is -2.39. The Balaban J connectivity index is 1.59. The fourth-order valence-corrected chi connectivity index (χ4v) is 3.67. The van der Waals surface area contributed by atoms with Gasteiger partial charge in [0.25, 0.3) is 5.91 Å². The molecule has 0 bridgehead atoms. The van der Waals surface area contributed by atoms with Gasteiger partial charge in [0.15, 0.2) is 0 Å². The van der Waals surface area contributed by atoms with E-state index in [-0.39, 0.29) is 11.8 Å². The van der Waals surface area contributed by atoms with Gasteiger partial charge >= 0.3 is 0 Å². The van der Waals surface area contributed by atoms with Crippen LogP contribution in [0.15, 0.2) is 41.1 Å². The van der Waals surface area contributed by atoms with Crippen LogP contribution < -0.4 is 0 Å². The number of halogens is 1. The van der Waals surface area contributed by atoms with E-state index in [2.05, 4.69) is 0 Å². The van der Waals surface area contributed by atoms with E-state index in [1.54, 1.807) is 12.1 Å². The Morgan fingerprint density at radius 1 is 1.23 bits per heavy atom. The molecule has 1 saturated heterocycles. The molecule has 22 heavy (non-hydrogen) atoms. The number of aliphatic hydroxyl groups is 1. The molecular formula is C17H18ClNO2S. The van der Waals surface area contributed by atoms with Crippen LogP contribution >= 0.6 is 22.9 Å². The summed E-state index contributed by atoms with van der Waals surface area (Å²) in [4.78, 5) is 14.2. The fraction of sp³-hybridized carbons (Fsp3) is 0.353. The van der Waals surface area contributed by atoms with Crippen LogP contribution in [0.3, 0.4) is 0 Å². The molecule has 1 aliphatic rings. The van der Waals surface area contributed by atoms with Gasteiger partial charge in [0.2, 0.25) is 0 Å². The normalized spacial score (nSPS) is 17.5. The van der Waals surface area contributed by atoms with E-state index in [4.69, 9.17) is 11.6 Å². The first-order chi connectivity index (χ1) is 10.6. The van der Waals surface area contributed by atoms with Gasteiger partial charge in [-0.25, -0.2) is 0 Å². The summed E-state index contributed by atoms with van der Waals surface area (Å²) in [5, 5.41) is 15.0. The van der Waals surface area contributed by atoms with Crippen molar-refractivity contribution < 1.29 is 9.90 Å². The average molecular weight is 336 g/mol. The molecule has 1 atom stereocenters. The van der Waals surface area contributed by atoms with Gasteiger partial charge in [0.05, 0.1) is 11.7 Å². The van der Waals surface area contributed by atoms with Gasteiger partial charge in [-0.15, -0.1) is 0 Å². The van der Waals surface area contributed by atoms with Gasteiger partial charge in [0.1, 0.15) is 0 Å². The number of hydrogen-bond donors (Lipinski definition) is 1. The minimum atomic E-state index is -0.490. The topological polar surface area (TPSA) is 40.5 Å². The SMILES string of the molecule is O=C(c1ccsc1)N1CCC(C(O)c2ccc(Cl)cc2)CC1. The molecule has 1 aromatic carbocycles. The molecule has 0 radical (unpaired) electrons. The number of carbonyl (C=O) groups is 1. The molecule has 3 rings (SSSR count). The lowest BCUT2D eigenvalue weighted by atomic mass is 9.87. The molecule has 116 valence electrons. The highest BCUT2D eigenvalue weighted by atomic mass is 35.5. The number of rotatable bonds is 3. The third kappa shape index (κ3) is 3.35. The Hall–Kier alpha value is -1.36. The molecule has 0 spiro atoms. The van der Waals surface area contributed by atoms with Gasteiger partial charge in [-0.1, -0.05) is 23.7 Å². The smallest absolute Gasteiger partial charge is 0.254 e. The van der Waals surface area contributed by atoms with E-state index < -0.39 is 6.10 Å². The zero-order valence-corrected chi connectivity index (χ0v) is 13.7. The number of nitrogens with zero attached hydrogens (tertiary/aromatic N) is 1. The second kappa shape index (κ2) is 6.82. The maximum atomic E-state index is 12.3. The maximum absolute atomic E-state index is 12.3. The average Bonchev–Trinajstić information content (AvgIpc) is 3.09. The van der Waals surface area contributed by atoms with Crippen molar-refractivity contribution in [2.45, 2.75) is 18.9 Å². The summed E-state index contributed by atoms with van der Waals surface area (Å²) < 4.78 is 0. The zero-order chi connectivity index (χ0) is 15.5. The van der Waals surface area contributed by atoms with Crippen molar-refractivity contribution in [1.29, 1.82) is 0 Å². The second-order valence-electron chi connectivity index (χ2n) is 5.64. The standard InChI is InChI=1S/C17H18ClNO2S/c18-15-3-1-12(2-4-15)16(20)13-5-8-19(9-6-13)17(21)14-7-10-22-11-14/h1-4,7,10-11,13,16,20H,5-6,8-9H2. The van der Waals surface area contributed by atoms with Crippen LogP contribution in [0.1, 0.15) is 34.9 Å². The Labute approximate surface area is 139 Å². The summed E-state index contributed by atoms with van der Waals surface area (Å²) in [7, 11) is 0. The summed E-state index contributed by atoms with van der Waals surface area (Å²) in [5.74, 6) is 0.286. The third-order valence-corrected chi connectivity index (χ3v) is 5.19. The van der Waals surface area contributed by atoms with Crippen LogP contribution in [0.2, 0.25) is 5.02 Å². The summed E-state index contributed by atoms with van der Waals surface area (Å²) in [5.41, 5.74) is 1.66. The van der Waals surface area contributed by atoms with Gasteiger partial charge in [-0.3, -0.25) is 4.79 Å². The van der Waals surface area contributed by atoms with Crippen molar-refractivity contribution in [2.24, 2.45) is 5.92 Å². The molecule has 3 nitrogen and oxygen atoms in total. The molecule has 0 saturated carbocycles. The highest BCUT2D eigenvalue weighted by molar-refractivity contribution is 7.08. The second-order valence-corrected chi connectivity index (χ2v) is 6.85. The van der Waals surface area contributed by atoms with Crippen LogP contribution in [-0.2, 0) is 0 Å². The van der Waals surface area contributed by atoms with Crippen LogP contribution in [0, 0.1) is 5.92 Å². The minimum absolute atomic E-state index is 0.0979. The van der Waals surface area contributed by atoms with Crippen molar-refractivity contribution >= 4 is 28.8 Å². The first kappa shape index (κ1) is 15.5. The molecule has 1 N–H and O–H groups in total. The Morgan fingerprint density at radius 3 is 2.50 bits per heavy atom. The van der Waals surface area contributed by atoms with Crippen molar-refractivity contribution in [2.75, 3.05) is 13.1 Å². The monoisotopic (exact) mass is 335 g/mol. The van der Waals surface area contributed by atoms with E-state index in [1.165, 1.54) is 11.3 Å². The highest BCUT2D eigenvalue weighted by Crippen LogP contribution is 2.31. The molecule has 2 heterocycles. The van der Waals surface area contributed by atoms with Gasteiger partial charge in [-0.05, 0) is 47.9 Å². The minimum Gasteiger partial charge on any atom is -0.388 e. The maximum Gasteiger partial charge on any atom is 0.254 e. The number of likely N-dealkylation sites (tertiary alicyclic amines) is 1. The third-order valence-electron chi connectivity index (χ3n) is 4.25. The van der Waals surface area contributed by atoms with E-state index in [1.807, 2.05) is 33.9 Å². The molecule has 1 fully saturated rings.